The summed E-state index contributed by atoms with van der Waals surface area (Å²) in [5.74, 6) is -2.14. The SMILES string of the molecule is Cc1ccc(S(=O)(=O)N2CCCCC2)cc1C(=O)OCC(=O)c1c(N)n(C)c(=O)n(C)c1=O. The molecule has 0 spiro atoms. The second-order valence-corrected chi connectivity index (χ2v) is 9.84. The Balaban J connectivity index is 1.83. The van der Waals surface area contributed by atoms with Gasteiger partial charge < -0.3 is 10.5 Å². The molecule has 33 heavy (non-hydrogen) atoms. The third kappa shape index (κ3) is 4.62. The number of piperidine rings is 1. The van der Waals surface area contributed by atoms with Gasteiger partial charge in [-0.3, -0.25) is 18.7 Å². The molecule has 2 N–H and O–H groups in total. The number of benzene rings is 1. The molecule has 0 atom stereocenters. The largest absolute Gasteiger partial charge is 0.454 e. The number of hydrogen-bond donors (Lipinski definition) is 1. The molecule has 0 radical (unpaired) electrons. The normalized spacial score (nSPS) is 14.8. The third-order valence-corrected chi connectivity index (χ3v) is 7.60. The van der Waals surface area contributed by atoms with Gasteiger partial charge in [0.15, 0.2) is 6.61 Å². The fourth-order valence-corrected chi connectivity index (χ4v) is 5.18. The standard InChI is InChI=1S/C21H26N4O7S/c1-13-7-8-14(33(30,31)25-9-5-4-6-10-25)11-15(13)20(28)32-12-16(26)17-18(22)23(2)21(29)24(3)19(17)27/h7-8,11H,4-6,9-10,12,22H2,1-3H3. The van der Waals surface area contributed by atoms with Crippen molar-refractivity contribution in [2.75, 3.05) is 25.4 Å². The number of carbonyl (C=O) groups excluding carboxylic acids is 2. The second kappa shape index (κ2) is 9.32. The van der Waals surface area contributed by atoms with Gasteiger partial charge in [-0.15, -0.1) is 0 Å². The number of ether oxygens (including phenoxy) is 1. The Morgan fingerprint density at radius 3 is 2.33 bits per heavy atom. The molecule has 1 fully saturated rings. The molecule has 1 aliphatic rings. The average molecular weight is 479 g/mol. The van der Waals surface area contributed by atoms with Crippen LogP contribution < -0.4 is 17.0 Å². The van der Waals surface area contributed by atoms with E-state index in [9.17, 15) is 27.6 Å². The van der Waals surface area contributed by atoms with E-state index in [0.29, 0.717) is 18.7 Å². The summed E-state index contributed by atoms with van der Waals surface area (Å²) in [5, 5.41) is 0. The van der Waals surface area contributed by atoms with Crippen LogP contribution in [0.1, 0.15) is 45.5 Å². The van der Waals surface area contributed by atoms with Gasteiger partial charge in [-0.25, -0.2) is 18.0 Å². The maximum absolute atomic E-state index is 12.9. The smallest absolute Gasteiger partial charge is 0.338 e. The van der Waals surface area contributed by atoms with E-state index in [1.54, 1.807) is 6.92 Å². The van der Waals surface area contributed by atoms with E-state index in [1.807, 2.05) is 0 Å². The number of sulfonamides is 1. The Hall–Kier alpha value is -3.25. The number of nitrogen functional groups attached to an aromatic ring is 1. The fraction of sp³-hybridized carbons (Fsp3) is 0.429. The first-order chi connectivity index (χ1) is 15.5. The monoisotopic (exact) mass is 478 g/mol. The van der Waals surface area contributed by atoms with Crippen molar-refractivity contribution in [1.29, 1.82) is 0 Å². The van der Waals surface area contributed by atoms with E-state index in [0.717, 1.165) is 28.4 Å². The highest BCUT2D eigenvalue weighted by molar-refractivity contribution is 7.89. The van der Waals surface area contributed by atoms with E-state index in [2.05, 4.69) is 0 Å². The lowest BCUT2D eigenvalue weighted by molar-refractivity contribution is 0.0473. The topological polar surface area (TPSA) is 151 Å². The van der Waals surface area contributed by atoms with Crippen molar-refractivity contribution in [2.45, 2.75) is 31.1 Å². The van der Waals surface area contributed by atoms with Crippen molar-refractivity contribution >= 4 is 27.6 Å². The van der Waals surface area contributed by atoms with E-state index >= 15 is 0 Å². The molecule has 0 aliphatic carbocycles. The summed E-state index contributed by atoms with van der Waals surface area (Å²) >= 11 is 0. The number of nitrogens with two attached hydrogens (primary N) is 1. The number of nitrogens with zero attached hydrogens (tertiary/aromatic N) is 3. The number of hydrogen-bond acceptors (Lipinski definition) is 8. The Bertz CT molecular complexity index is 1340. The molecule has 1 aromatic heterocycles. The van der Waals surface area contributed by atoms with Gasteiger partial charge in [-0.2, -0.15) is 4.31 Å². The zero-order chi connectivity index (χ0) is 24.5. The van der Waals surface area contributed by atoms with Crippen molar-refractivity contribution in [3.8, 4) is 0 Å². The number of Topliss-reactive ketones (excluding diaryl/α,β-unsaturated/α-hetero) is 1. The van der Waals surface area contributed by atoms with Crippen molar-refractivity contribution < 1.29 is 22.7 Å². The minimum Gasteiger partial charge on any atom is -0.454 e. The zero-order valence-electron chi connectivity index (χ0n) is 18.7. The maximum atomic E-state index is 12.9. The Morgan fingerprint density at radius 2 is 1.70 bits per heavy atom. The van der Waals surface area contributed by atoms with Crippen LogP contribution in [0.4, 0.5) is 5.82 Å². The lowest BCUT2D eigenvalue weighted by Crippen LogP contribution is -2.42. The highest BCUT2D eigenvalue weighted by Crippen LogP contribution is 2.23. The van der Waals surface area contributed by atoms with E-state index in [4.69, 9.17) is 10.5 Å². The Kier molecular flexibility index (Phi) is 6.89. The fourth-order valence-electron chi connectivity index (χ4n) is 3.64. The van der Waals surface area contributed by atoms with Gasteiger partial charge in [-0.05, 0) is 37.5 Å². The van der Waals surface area contributed by atoms with Gasteiger partial charge >= 0.3 is 11.7 Å². The molecular weight excluding hydrogens is 452 g/mol. The number of aryl methyl sites for hydroxylation is 1. The van der Waals surface area contributed by atoms with Gasteiger partial charge in [0.05, 0.1) is 10.5 Å². The van der Waals surface area contributed by atoms with E-state index in [-0.39, 0.29) is 16.3 Å². The molecule has 1 saturated heterocycles. The van der Waals surface area contributed by atoms with Crippen LogP contribution in [-0.4, -0.2) is 53.3 Å². The minimum absolute atomic E-state index is 0.0118. The lowest BCUT2D eigenvalue weighted by atomic mass is 10.1. The van der Waals surface area contributed by atoms with Crippen LogP contribution in [0.5, 0.6) is 0 Å². The molecule has 3 rings (SSSR count). The van der Waals surface area contributed by atoms with Gasteiger partial charge in [0.25, 0.3) is 5.56 Å². The van der Waals surface area contributed by atoms with Crippen molar-refractivity contribution in [3.63, 3.8) is 0 Å². The summed E-state index contributed by atoms with van der Waals surface area (Å²) in [6.45, 7) is 1.64. The van der Waals surface area contributed by atoms with Crippen molar-refractivity contribution in [2.24, 2.45) is 14.1 Å². The summed E-state index contributed by atoms with van der Waals surface area (Å²) < 4.78 is 34.0. The molecule has 2 aromatic rings. The first kappa shape index (κ1) is 24.4. The number of aromatic nitrogens is 2. The quantitative estimate of drug-likeness (QED) is 0.456. The van der Waals surface area contributed by atoms with Crippen LogP contribution in [0.3, 0.4) is 0 Å². The van der Waals surface area contributed by atoms with Crippen LogP contribution in [0.15, 0.2) is 32.7 Å². The zero-order valence-corrected chi connectivity index (χ0v) is 19.5. The molecule has 0 bridgehead atoms. The number of esters is 1. The predicted molar refractivity (Wildman–Crippen MR) is 120 cm³/mol. The van der Waals surface area contributed by atoms with Crippen LogP contribution in [0.25, 0.3) is 0 Å². The highest BCUT2D eigenvalue weighted by atomic mass is 32.2. The predicted octanol–water partition coefficient (Wildman–Crippen LogP) is 0.189. The highest BCUT2D eigenvalue weighted by Gasteiger charge is 2.28. The maximum Gasteiger partial charge on any atom is 0.338 e. The third-order valence-electron chi connectivity index (χ3n) is 5.70. The molecule has 1 aromatic carbocycles. The molecule has 0 amide bonds. The molecule has 1 aliphatic heterocycles. The van der Waals surface area contributed by atoms with Gasteiger partial charge in [-0.1, -0.05) is 12.5 Å². The number of carbonyl (C=O) groups is 2. The summed E-state index contributed by atoms with van der Waals surface area (Å²) in [4.78, 5) is 49.4. The minimum atomic E-state index is -3.77. The molecule has 0 unspecified atom stereocenters. The van der Waals surface area contributed by atoms with E-state index < -0.39 is 45.2 Å². The Morgan fingerprint density at radius 1 is 1.06 bits per heavy atom. The first-order valence-electron chi connectivity index (χ1n) is 10.3. The number of rotatable bonds is 6. The summed E-state index contributed by atoms with van der Waals surface area (Å²) in [6.07, 6.45) is 2.51. The van der Waals surface area contributed by atoms with Gasteiger partial charge in [0.2, 0.25) is 15.8 Å². The number of anilines is 1. The van der Waals surface area contributed by atoms with Crippen molar-refractivity contribution in [1.82, 2.24) is 13.4 Å². The lowest BCUT2D eigenvalue weighted by Gasteiger charge is -2.26. The van der Waals surface area contributed by atoms with Crippen LogP contribution in [0.2, 0.25) is 0 Å². The molecule has 2 heterocycles. The first-order valence-corrected chi connectivity index (χ1v) is 11.8. The van der Waals surface area contributed by atoms with Crippen molar-refractivity contribution in [3.05, 3.63) is 55.7 Å². The second-order valence-electron chi connectivity index (χ2n) is 7.91. The van der Waals surface area contributed by atoms with Crippen LogP contribution >= 0.6 is 0 Å². The average Bonchev–Trinajstić information content (AvgIpc) is 2.80. The van der Waals surface area contributed by atoms with Crippen LogP contribution in [-0.2, 0) is 28.9 Å². The van der Waals surface area contributed by atoms with Gasteiger partial charge in [0, 0.05) is 27.2 Å². The molecule has 12 heteroatoms. The Labute approximate surface area is 190 Å². The van der Waals surface area contributed by atoms with Gasteiger partial charge in [0.1, 0.15) is 11.4 Å². The summed E-state index contributed by atoms with van der Waals surface area (Å²) in [6, 6.07) is 4.15. The molecule has 178 valence electrons. The van der Waals surface area contributed by atoms with E-state index in [1.165, 1.54) is 36.6 Å². The molecule has 11 nitrogen and oxygen atoms in total. The summed E-state index contributed by atoms with van der Waals surface area (Å²) in [7, 11) is -1.27. The number of ketones is 1. The molecular formula is C21H26N4O7S. The summed E-state index contributed by atoms with van der Waals surface area (Å²) in [5.41, 5.74) is 4.13. The molecule has 0 saturated carbocycles. The van der Waals surface area contributed by atoms with Crippen LogP contribution in [0, 0.1) is 6.92 Å².